The van der Waals surface area contributed by atoms with Gasteiger partial charge in [-0.15, -0.1) is 11.0 Å². The van der Waals surface area contributed by atoms with E-state index >= 15 is 0 Å². The summed E-state index contributed by atoms with van der Waals surface area (Å²) in [5.41, 5.74) is 2.49. The minimum atomic E-state index is -4.00. The van der Waals surface area contributed by atoms with Crippen molar-refractivity contribution in [2.24, 2.45) is 4.40 Å². The maximum atomic E-state index is 12.8. The van der Waals surface area contributed by atoms with Gasteiger partial charge in [-0.3, -0.25) is 14.5 Å². The number of nitrogens with one attached hydrogen (secondary N) is 1. The zero-order valence-corrected chi connectivity index (χ0v) is 18.9. The van der Waals surface area contributed by atoms with E-state index in [9.17, 15) is 18.0 Å². The third-order valence-electron chi connectivity index (χ3n) is 4.64. The predicted octanol–water partition coefficient (Wildman–Crippen LogP) is 3.51. The van der Waals surface area contributed by atoms with Gasteiger partial charge in [0.2, 0.25) is 11.8 Å². The topological polar surface area (TPSA) is 95.9 Å². The number of benzene rings is 2. The van der Waals surface area contributed by atoms with E-state index in [4.69, 9.17) is 0 Å². The highest BCUT2D eigenvalue weighted by Gasteiger charge is 2.39. The summed E-state index contributed by atoms with van der Waals surface area (Å²) in [6.07, 6.45) is 1.39. The molecule has 9 heteroatoms. The average Bonchev–Trinajstić information content (AvgIpc) is 2.98. The molecular weight excluding hydrogens is 434 g/mol. The molecule has 0 radical (unpaired) electrons. The summed E-state index contributed by atoms with van der Waals surface area (Å²) in [5.74, 6) is -0.705. The number of aryl methyl sites for hydroxylation is 2. The molecule has 1 saturated heterocycles. The Hall–Kier alpha value is -2.91. The molecule has 1 fully saturated rings. The van der Waals surface area contributed by atoms with Crippen molar-refractivity contribution in [3.8, 4) is 0 Å². The lowest BCUT2D eigenvalue weighted by atomic mass is 10.2. The van der Waals surface area contributed by atoms with E-state index in [0.717, 1.165) is 22.9 Å². The highest BCUT2D eigenvalue weighted by Crippen LogP contribution is 2.31. The standard InChI is InChI=1S/C22H23N3O4S2/c1-4-13-25-21(27)19(14-20(26)23-18-8-6-5-7-16(18)3)30-22(25)24-31(28,29)17-11-9-15(2)10-12-17/h4-12,19H,1,13-14H2,2-3H3,(H,23,26)/b24-22+. The smallest absolute Gasteiger partial charge is 0.284 e. The second-order valence-electron chi connectivity index (χ2n) is 7.07. The lowest BCUT2D eigenvalue weighted by molar-refractivity contribution is -0.127. The number of para-hydroxylation sites is 1. The number of amides is 2. The third-order valence-corrected chi connectivity index (χ3v) is 7.21. The molecule has 2 aromatic rings. The Morgan fingerprint density at radius 3 is 2.52 bits per heavy atom. The van der Waals surface area contributed by atoms with Crippen molar-refractivity contribution in [1.82, 2.24) is 4.90 Å². The van der Waals surface area contributed by atoms with Gasteiger partial charge in [0.1, 0.15) is 5.25 Å². The molecule has 0 bridgehead atoms. The van der Waals surface area contributed by atoms with Crippen molar-refractivity contribution >= 4 is 44.5 Å². The summed E-state index contributed by atoms with van der Waals surface area (Å²) in [7, 11) is -4.00. The van der Waals surface area contributed by atoms with Crippen molar-refractivity contribution in [3.63, 3.8) is 0 Å². The average molecular weight is 458 g/mol. The molecule has 1 heterocycles. The van der Waals surface area contributed by atoms with Crippen LogP contribution in [-0.2, 0) is 19.6 Å². The van der Waals surface area contributed by atoms with Crippen LogP contribution in [0.3, 0.4) is 0 Å². The first-order valence-corrected chi connectivity index (χ1v) is 11.9. The SMILES string of the molecule is C=CCN1C(=O)C(CC(=O)Nc2ccccc2C)S/C1=N/S(=O)(=O)c1ccc(C)cc1. The molecule has 31 heavy (non-hydrogen) atoms. The van der Waals surface area contributed by atoms with Gasteiger partial charge < -0.3 is 5.32 Å². The quantitative estimate of drug-likeness (QED) is 0.642. The number of hydrogen-bond donors (Lipinski definition) is 1. The fourth-order valence-corrected chi connectivity index (χ4v) is 5.32. The van der Waals surface area contributed by atoms with Crippen LogP contribution < -0.4 is 5.32 Å². The Morgan fingerprint density at radius 2 is 1.87 bits per heavy atom. The fraction of sp³-hybridized carbons (Fsp3) is 0.227. The van der Waals surface area contributed by atoms with E-state index in [1.165, 1.54) is 23.1 Å². The minimum Gasteiger partial charge on any atom is -0.326 e. The van der Waals surface area contributed by atoms with Crippen LogP contribution in [0.1, 0.15) is 17.5 Å². The summed E-state index contributed by atoms with van der Waals surface area (Å²) in [6, 6.07) is 13.6. The maximum Gasteiger partial charge on any atom is 0.284 e. The molecule has 1 atom stereocenters. The highest BCUT2D eigenvalue weighted by atomic mass is 32.2. The van der Waals surface area contributed by atoms with Crippen LogP contribution in [0.25, 0.3) is 0 Å². The van der Waals surface area contributed by atoms with Gasteiger partial charge in [-0.25, -0.2) is 0 Å². The van der Waals surface area contributed by atoms with E-state index in [0.29, 0.717) is 5.69 Å². The van der Waals surface area contributed by atoms with Crippen LogP contribution in [0.2, 0.25) is 0 Å². The number of thioether (sulfide) groups is 1. The summed E-state index contributed by atoms with van der Waals surface area (Å²) in [5, 5.41) is 2.07. The number of sulfonamides is 1. The number of carbonyl (C=O) groups excluding carboxylic acids is 2. The molecule has 3 rings (SSSR count). The second kappa shape index (κ2) is 9.49. The summed E-state index contributed by atoms with van der Waals surface area (Å²) >= 11 is 0.973. The van der Waals surface area contributed by atoms with Crippen molar-refractivity contribution in [3.05, 3.63) is 72.3 Å². The van der Waals surface area contributed by atoms with Crippen LogP contribution in [0.15, 0.2) is 70.5 Å². The van der Waals surface area contributed by atoms with E-state index in [1.54, 1.807) is 18.2 Å². The molecule has 2 aromatic carbocycles. The molecular formula is C22H23N3O4S2. The van der Waals surface area contributed by atoms with Crippen LogP contribution in [0.4, 0.5) is 5.69 Å². The molecule has 1 aliphatic heterocycles. The molecule has 7 nitrogen and oxygen atoms in total. The molecule has 0 spiro atoms. The minimum absolute atomic E-state index is 0.0398. The largest absolute Gasteiger partial charge is 0.326 e. The van der Waals surface area contributed by atoms with Gasteiger partial charge in [0.15, 0.2) is 5.17 Å². The monoisotopic (exact) mass is 457 g/mol. The number of hydrogen-bond acceptors (Lipinski definition) is 5. The molecule has 1 unspecified atom stereocenters. The zero-order valence-electron chi connectivity index (χ0n) is 17.2. The first-order chi connectivity index (χ1) is 14.7. The van der Waals surface area contributed by atoms with Gasteiger partial charge in [-0.1, -0.05) is 53.7 Å². The van der Waals surface area contributed by atoms with E-state index in [2.05, 4.69) is 16.3 Å². The van der Waals surface area contributed by atoms with Crippen LogP contribution in [0.5, 0.6) is 0 Å². The Labute approximate surface area is 186 Å². The van der Waals surface area contributed by atoms with Crippen LogP contribution in [-0.4, -0.2) is 42.1 Å². The Kier molecular flexibility index (Phi) is 6.97. The number of rotatable bonds is 7. The molecule has 0 saturated carbocycles. The summed E-state index contributed by atoms with van der Waals surface area (Å²) in [4.78, 5) is 26.6. The maximum absolute atomic E-state index is 12.8. The van der Waals surface area contributed by atoms with Gasteiger partial charge >= 0.3 is 0 Å². The summed E-state index contributed by atoms with van der Waals surface area (Å²) in [6.45, 7) is 7.45. The molecule has 1 aliphatic rings. The molecule has 0 aromatic heterocycles. The van der Waals surface area contributed by atoms with E-state index < -0.39 is 15.3 Å². The zero-order chi connectivity index (χ0) is 22.6. The van der Waals surface area contributed by atoms with Crippen LogP contribution in [0, 0.1) is 13.8 Å². The van der Waals surface area contributed by atoms with Gasteiger partial charge in [0.25, 0.3) is 10.0 Å². The summed E-state index contributed by atoms with van der Waals surface area (Å²) < 4.78 is 29.3. The number of nitrogens with zero attached hydrogens (tertiary/aromatic N) is 2. The van der Waals surface area contributed by atoms with Crippen molar-refractivity contribution in [2.75, 3.05) is 11.9 Å². The van der Waals surface area contributed by atoms with Gasteiger partial charge in [0.05, 0.1) is 4.90 Å². The normalized spacial score (nSPS) is 17.7. The Balaban J connectivity index is 1.80. The van der Waals surface area contributed by atoms with Crippen molar-refractivity contribution in [2.45, 2.75) is 30.4 Å². The highest BCUT2D eigenvalue weighted by molar-refractivity contribution is 8.16. The number of carbonyl (C=O) groups is 2. The first kappa shape index (κ1) is 22.8. The molecule has 0 aliphatic carbocycles. The van der Waals surface area contributed by atoms with Gasteiger partial charge in [0, 0.05) is 18.7 Å². The first-order valence-electron chi connectivity index (χ1n) is 9.57. The number of amidine groups is 1. The van der Waals surface area contributed by atoms with Crippen molar-refractivity contribution < 1.29 is 18.0 Å². The fourth-order valence-electron chi connectivity index (χ4n) is 2.95. The van der Waals surface area contributed by atoms with E-state index in [1.807, 2.05) is 32.0 Å². The predicted molar refractivity (Wildman–Crippen MR) is 124 cm³/mol. The van der Waals surface area contributed by atoms with E-state index in [-0.39, 0.29) is 34.8 Å². The lowest BCUT2D eigenvalue weighted by Gasteiger charge is -2.14. The van der Waals surface area contributed by atoms with Crippen molar-refractivity contribution in [1.29, 1.82) is 0 Å². The number of anilines is 1. The molecule has 162 valence electrons. The van der Waals surface area contributed by atoms with Crippen LogP contribution >= 0.6 is 11.8 Å². The second-order valence-corrected chi connectivity index (χ2v) is 9.85. The molecule has 2 amide bonds. The Bertz CT molecular complexity index is 1140. The molecule has 1 N–H and O–H groups in total. The third kappa shape index (κ3) is 5.42. The lowest BCUT2D eigenvalue weighted by Crippen LogP contribution is -2.34. The van der Waals surface area contributed by atoms with Gasteiger partial charge in [-0.05, 0) is 37.6 Å². The van der Waals surface area contributed by atoms with Gasteiger partial charge in [-0.2, -0.15) is 8.42 Å². The Morgan fingerprint density at radius 1 is 1.19 bits per heavy atom.